The summed E-state index contributed by atoms with van der Waals surface area (Å²) in [7, 11) is 0. The van der Waals surface area contributed by atoms with Crippen molar-refractivity contribution in [3.63, 3.8) is 0 Å². The van der Waals surface area contributed by atoms with Crippen molar-refractivity contribution < 1.29 is 19.4 Å². The molecule has 0 aromatic heterocycles. The van der Waals surface area contributed by atoms with E-state index in [9.17, 15) is 9.59 Å². The van der Waals surface area contributed by atoms with Crippen molar-refractivity contribution in [2.45, 2.75) is 31.6 Å². The number of hydrogen-bond acceptors (Lipinski definition) is 3. The number of ether oxygens (including phenoxy) is 1. The standard InChI is InChI=1S/C22H20Cl2O4/c23-20-15(28-11-16(25)26)10-14-17(12-6-2-1-3-7-12)18(13-8-4-5-9-13)22(27)19(14)21(20)24/h1-3,6-7,10,13,17-18H,4-5,8-9,11H2,(H,25,26). The Balaban J connectivity index is 1.86. The van der Waals surface area contributed by atoms with E-state index in [1.54, 1.807) is 6.07 Å². The lowest BCUT2D eigenvalue weighted by atomic mass is 9.77. The molecule has 2 aliphatic rings. The van der Waals surface area contributed by atoms with E-state index in [1.807, 2.05) is 30.3 Å². The van der Waals surface area contributed by atoms with E-state index in [1.165, 1.54) is 0 Å². The molecule has 4 rings (SSSR count). The molecule has 0 amide bonds. The Morgan fingerprint density at radius 2 is 1.79 bits per heavy atom. The number of carboxylic acid groups (broad SMARTS) is 1. The van der Waals surface area contributed by atoms with Crippen LogP contribution in [0.3, 0.4) is 0 Å². The van der Waals surface area contributed by atoms with E-state index in [-0.39, 0.29) is 33.4 Å². The first-order valence-electron chi connectivity index (χ1n) is 9.44. The molecule has 2 aromatic carbocycles. The number of hydrogen-bond donors (Lipinski definition) is 1. The third kappa shape index (κ3) is 3.29. The van der Waals surface area contributed by atoms with Crippen LogP contribution >= 0.6 is 23.2 Å². The lowest BCUT2D eigenvalue weighted by molar-refractivity contribution is -0.139. The van der Waals surface area contributed by atoms with E-state index < -0.39 is 12.6 Å². The van der Waals surface area contributed by atoms with Gasteiger partial charge in [-0.05, 0) is 36.0 Å². The van der Waals surface area contributed by atoms with Crippen molar-refractivity contribution in [3.8, 4) is 5.75 Å². The molecule has 1 saturated carbocycles. The second kappa shape index (κ2) is 7.76. The Bertz CT molecular complexity index is 920. The number of carboxylic acids is 1. The van der Waals surface area contributed by atoms with Gasteiger partial charge in [-0.1, -0.05) is 66.4 Å². The van der Waals surface area contributed by atoms with Crippen LogP contribution in [0, 0.1) is 11.8 Å². The summed E-state index contributed by atoms with van der Waals surface area (Å²) in [6, 6.07) is 11.6. The number of carbonyl (C=O) groups excluding carboxylic acids is 1. The van der Waals surface area contributed by atoms with E-state index in [2.05, 4.69) is 0 Å². The molecular formula is C22H20Cl2O4. The smallest absolute Gasteiger partial charge is 0.341 e. The molecule has 2 atom stereocenters. The molecule has 4 nitrogen and oxygen atoms in total. The van der Waals surface area contributed by atoms with Crippen LogP contribution in [0.4, 0.5) is 0 Å². The lowest BCUT2D eigenvalue weighted by Gasteiger charge is -2.25. The molecule has 0 aliphatic heterocycles. The maximum Gasteiger partial charge on any atom is 0.341 e. The minimum atomic E-state index is -1.10. The fourth-order valence-corrected chi connectivity index (χ4v) is 5.22. The average Bonchev–Trinajstić information content (AvgIpc) is 3.30. The normalized spacial score (nSPS) is 21.7. The largest absolute Gasteiger partial charge is 0.480 e. The highest BCUT2D eigenvalue weighted by atomic mass is 35.5. The summed E-state index contributed by atoms with van der Waals surface area (Å²) >= 11 is 12.8. The van der Waals surface area contributed by atoms with Gasteiger partial charge in [-0.3, -0.25) is 4.79 Å². The monoisotopic (exact) mass is 418 g/mol. The number of rotatable bonds is 5. The zero-order chi connectivity index (χ0) is 19.8. The van der Waals surface area contributed by atoms with Gasteiger partial charge in [0.05, 0.1) is 5.02 Å². The maximum atomic E-state index is 13.4. The fourth-order valence-electron chi connectivity index (χ4n) is 4.72. The molecule has 1 fully saturated rings. The summed E-state index contributed by atoms with van der Waals surface area (Å²) in [5.74, 6) is -0.867. The van der Waals surface area contributed by atoms with Crippen molar-refractivity contribution in [3.05, 3.63) is 63.1 Å². The zero-order valence-electron chi connectivity index (χ0n) is 15.2. The number of aliphatic carboxylic acids is 1. The summed E-state index contributed by atoms with van der Waals surface area (Å²) < 4.78 is 5.36. The Labute approximate surface area is 173 Å². The first kappa shape index (κ1) is 19.3. The van der Waals surface area contributed by atoms with Gasteiger partial charge in [0.2, 0.25) is 0 Å². The van der Waals surface area contributed by atoms with Crippen molar-refractivity contribution in [1.82, 2.24) is 0 Å². The van der Waals surface area contributed by atoms with Crippen molar-refractivity contribution in [2.24, 2.45) is 11.8 Å². The number of carbonyl (C=O) groups is 2. The fraction of sp³-hybridized carbons (Fsp3) is 0.364. The summed E-state index contributed by atoms with van der Waals surface area (Å²) in [5.41, 5.74) is 2.29. The quantitative estimate of drug-likeness (QED) is 0.686. The number of fused-ring (bicyclic) bond motifs is 1. The van der Waals surface area contributed by atoms with Gasteiger partial charge in [-0.2, -0.15) is 0 Å². The molecule has 0 spiro atoms. The Hall–Kier alpha value is -2.04. The van der Waals surface area contributed by atoms with Gasteiger partial charge < -0.3 is 9.84 Å². The van der Waals surface area contributed by atoms with Gasteiger partial charge in [-0.25, -0.2) is 4.79 Å². The molecular weight excluding hydrogens is 399 g/mol. The predicted octanol–water partition coefficient (Wildman–Crippen LogP) is 5.59. The molecule has 0 radical (unpaired) electrons. The van der Waals surface area contributed by atoms with Crippen LogP contribution in [0.2, 0.25) is 10.0 Å². The SMILES string of the molecule is O=C(O)COc1cc2c(c(Cl)c1Cl)C(=O)C(C1CCCC1)C2c1ccccc1. The summed E-state index contributed by atoms with van der Waals surface area (Å²) in [4.78, 5) is 24.4. The van der Waals surface area contributed by atoms with Gasteiger partial charge in [0.15, 0.2) is 12.4 Å². The zero-order valence-corrected chi connectivity index (χ0v) is 16.7. The first-order valence-corrected chi connectivity index (χ1v) is 10.2. The Morgan fingerprint density at radius 1 is 1.11 bits per heavy atom. The average molecular weight is 419 g/mol. The molecule has 2 unspecified atom stereocenters. The second-order valence-corrected chi connectivity index (χ2v) is 8.23. The molecule has 2 aromatic rings. The van der Waals surface area contributed by atoms with Crippen LogP contribution in [0.15, 0.2) is 36.4 Å². The van der Waals surface area contributed by atoms with Gasteiger partial charge >= 0.3 is 5.97 Å². The van der Waals surface area contributed by atoms with Crippen molar-refractivity contribution in [1.29, 1.82) is 0 Å². The molecule has 0 bridgehead atoms. The van der Waals surface area contributed by atoms with Crippen LogP contribution in [0.25, 0.3) is 0 Å². The van der Waals surface area contributed by atoms with Crippen LogP contribution < -0.4 is 4.74 Å². The van der Waals surface area contributed by atoms with Gasteiger partial charge in [-0.15, -0.1) is 0 Å². The number of benzene rings is 2. The first-order chi connectivity index (χ1) is 13.5. The van der Waals surface area contributed by atoms with Crippen LogP contribution in [0.1, 0.15) is 53.1 Å². The van der Waals surface area contributed by atoms with Crippen LogP contribution in [-0.4, -0.2) is 23.5 Å². The number of Topliss-reactive ketones (excluding diaryl/α,β-unsaturated/α-hetero) is 1. The lowest BCUT2D eigenvalue weighted by Crippen LogP contribution is -2.23. The number of halogens is 2. The Morgan fingerprint density at radius 3 is 2.43 bits per heavy atom. The molecule has 6 heteroatoms. The minimum absolute atomic E-state index is 0.0347. The summed E-state index contributed by atoms with van der Waals surface area (Å²) in [5, 5.41) is 9.18. The predicted molar refractivity (Wildman–Crippen MR) is 108 cm³/mol. The Kier molecular flexibility index (Phi) is 5.35. The van der Waals surface area contributed by atoms with Crippen LogP contribution in [0.5, 0.6) is 5.75 Å². The molecule has 1 N–H and O–H groups in total. The number of ketones is 1. The molecule has 0 heterocycles. The molecule has 146 valence electrons. The summed E-state index contributed by atoms with van der Waals surface area (Å²) in [6.45, 7) is -0.523. The molecule has 28 heavy (non-hydrogen) atoms. The van der Waals surface area contributed by atoms with Gasteiger partial charge in [0.1, 0.15) is 10.8 Å². The van der Waals surface area contributed by atoms with E-state index >= 15 is 0 Å². The van der Waals surface area contributed by atoms with Gasteiger partial charge in [0.25, 0.3) is 0 Å². The van der Waals surface area contributed by atoms with Crippen LogP contribution in [-0.2, 0) is 4.79 Å². The highest BCUT2D eigenvalue weighted by Crippen LogP contribution is 2.53. The highest BCUT2D eigenvalue weighted by molar-refractivity contribution is 6.45. The third-order valence-electron chi connectivity index (χ3n) is 5.86. The van der Waals surface area contributed by atoms with E-state index in [0.29, 0.717) is 11.5 Å². The van der Waals surface area contributed by atoms with Crippen molar-refractivity contribution >= 4 is 35.0 Å². The third-order valence-corrected chi connectivity index (χ3v) is 6.71. The van der Waals surface area contributed by atoms with Gasteiger partial charge in [0, 0.05) is 17.4 Å². The highest BCUT2D eigenvalue weighted by Gasteiger charge is 2.47. The summed E-state index contributed by atoms with van der Waals surface area (Å²) in [6.07, 6.45) is 4.32. The second-order valence-electron chi connectivity index (χ2n) is 7.47. The van der Waals surface area contributed by atoms with E-state index in [4.69, 9.17) is 33.0 Å². The molecule has 0 saturated heterocycles. The van der Waals surface area contributed by atoms with Crippen molar-refractivity contribution in [2.75, 3.05) is 6.61 Å². The maximum absolute atomic E-state index is 13.4. The van der Waals surface area contributed by atoms with E-state index in [0.717, 1.165) is 36.8 Å². The topological polar surface area (TPSA) is 63.6 Å². The molecule has 2 aliphatic carbocycles. The minimum Gasteiger partial charge on any atom is -0.480 e.